The lowest BCUT2D eigenvalue weighted by molar-refractivity contribution is 0.0437. The number of carbonyl (C=O) groups excluding carboxylic acids is 1. The summed E-state index contributed by atoms with van der Waals surface area (Å²) >= 11 is 0. The molecule has 1 saturated heterocycles. The molecule has 1 fully saturated rings. The van der Waals surface area contributed by atoms with Crippen LogP contribution in [0.3, 0.4) is 0 Å². The van der Waals surface area contributed by atoms with Crippen molar-refractivity contribution >= 4 is 5.91 Å². The minimum absolute atomic E-state index is 0.125. The smallest absolute Gasteiger partial charge is 0.257 e. The summed E-state index contributed by atoms with van der Waals surface area (Å²) in [4.78, 5) is 14.6. The van der Waals surface area contributed by atoms with Crippen LogP contribution in [0.4, 0.5) is 0 Å². The van der Waals surface area contributed by atoms with Crippen molar-refractivity contribution < 1.29 is 24.1 Å². The predicted octanol–water partition coefficient (Wildman–Crippen LogP) is 2.09. The Bertz CT molecular complexity index is 570. The first kappa shape index (κ1) is 17.4. The number of methoxy groups -OCH3 is 3. The topological polar surface area (TPSA) is 68.2 Å². The van der Waals surface area contributed by atoms with Gasteiger partial charge >= 0.3 is 0 Å². The lowest BCUT2D eigenvalue weighted by Crippen LogP contribution is -2.33. The van der Waals surface area contributed by atoms with Gasteiger partial charge in [-0.25, -0.2) is 0 Å². The van der Waals surface area contributed by atoms with E-state index in [9.17, 15) is 9.90 Å². The first-order chi connectivity index (χ1) is 10.9. The first-order valence-electron chi connectivity index (χ1n) is 7.73. The van der Waals surface area contributed by atoms with E-state index in [1.807, 2.05) is 6.92 Å². The van der Waals surface area contributed by atoms with E-state index in [0.29, 0.717) is 48.7 Å². The van der Waals surface area contributed by atoms with Crippen molar-refractivity contribution in [2.75, 3.05) is 34.4 Å². The van der Waals surface area contributed by atoms with E-state index >= 15 is 0 Å². The van der Waals surface area contributed by atoms with Crippen molar-refractivity contribution in [2.24, 2.45) is 0 Å². The van der Waals surface area contributed by atoms with E-state index < -0.39 is 5.60 Å². The second kappa shape index (κ2) is 7.08. The van der Waals surface area contributed by atoms with Gasteiger partial charge in [-0.1, -0.05) is 0 Å². The summed E-state index contributed by atoms with van der Waals surface area (Å²) in [5.41, 5.74) is -0.275. The van der Waals surface area contributed by atoms with Gasteiger partial charge in [-0.05, 0) is 26.2 Å². The monoisotopic (exact) mass is 323 g/mol. The molecule has 23 heavy (non-hydrogen) atoms. The highest BCUT2D eigenvalue weighted by molar-refractivity contribution is 5.97. The molecule has 1 unspecified atom stereocenters. The predicted molar refractivity (Wildman–Crippen MR) is 86.5 cm³/mol. The van der Waals surface area contributed by atoms with Crippen LogP contribution in [0.1, 0.15) is 36.5 Å². The number of amides is 1. The van der Waals surface area contributed by atoms with Crippen LogP contribution in [0.2, 0.25) is 0 Å². The Labute approximate surface area is 136 Å². The zero-order valence-corrected chi connectivity index (χ0v) is 14.2. The molecule has 1 aliphatic rings. The van der Waals surface area contributed by atoms with Crippen molar-refractivity contribution in [3.63, 3.8) is 0 Å². The molecule has 1 amide bonds. The van der Waals surface area contributed by atoms with Gasteiger partial charge in [0.2, 0.25) is 0 Å². The van der Waals surface area contributed by atoms with Crippen LogP contribution in [0.15, 0.2) is 12.1 Å². The Morgan fingerprint density at radius 3 is 2.26 bits per heavy atom. The molecule has 0 aromatic heterocycles. The number of nitrogens with zero attached hydrogens (tertiary/aromatic N) is 1. The summed E-state index contributed by atoms with van der Waals surface area (Å²) in [5, 5.41) is 10.2. The average molecular weight is 323 g/mol. The van der Waals surface area contributed by atoms with Gasteiger partial charge in [0.05, 0.1) is 32.5 Å². The van der Waals surface area contributed by atoms with E-state index in [1.54, 1.807) is 17.0 Å². The SMILES string of the molecule is COc1cc(OC)c(C(=O)N2CCCC(C)(O)CC2)cc1OC. The highest BCUT2D eigenvalue weighted by Crippen LogP contribution is 2.35. The Balaban J connectivity index is 2.31. The van der Waals surface area contributed by atoms with Gasteiger partial charge in [-0.2, -0.15) is 0 Å². The number of ether oxygens (including phenoxy) is 3. The summed E-state index contributed by atoms with van der Waals surface area (Å²) in [6, 6.07) is 3.29. The van der Waals surface area contributed by atoms with Gasteiger partial charge in [-0.3, -0.25) is 4.79 Å². The lowest BCUT2D eigenvalue weighted by atomic mass is 9.98. The van der Waals surface area contributed by atoms with E-state index in [-0.39, 0.29) is 5.91 Å². The lowest BCUT2D eigenvalue weighted by Gasteiger charge is -2.23. The minimum atomic E-state index is -0.712. The summed E-state index contributed by atoms with van der Waals surface area (Å²) in [5.74, 6) is 1.32. The van der Waals surface area contributed by atoms with Crippen molar-refractivity contribution in [3.8, 4) is 17.2 Å². The van der Waals surface area contributed by atoms with Crippen LogP contribution in [-0.2, 0) is 0 Å². The highest BCUT2D eigenvalue weighted by atomic mass is 16.5. The largest absolute Gasteiger partial charge is 0.496 e. The highest BCUT2D eigenvalue weighted by Gasteiger charge is 2.29. The van der Waals surface area contributed by atoms with E-state index in [4.69, 9.17) is 14.2 Å². The minimum Gasteiger partial charge on any atom is -0.496 e. The number of rotatable bonds is 4. The van der Waals surface area contributed by atoms with Crippen molar-refractivity contribution in [2.45, 2.75) is 31.8 Å². The molecule has 1 aromatic carbocycles. The standard InChI is InChI=1S/C17H25NO5/c1-17(20)6-5-8-18(9-7-17)16(19)12-10-14(22-3)15(23-4)11-13(12)21-2/h10-11,20H,5-9H2,1-4H3. The summed E-state index contributed by atoms with van der Waals surface area (Å²) in [6.07, 6.45) is 2.03. The molecule has 128 valence electrons. The van der Waals surface area contributed by atoms with Crippen LogP contribution >= 0.6 is 0 Å². The van der Waals surface area contributed by atoms with E-state index in [2.05, 4.69) is 0 Å². The third-order valence-electron chi connectivity index (χ3n) is 4.29. The molecular weight excluding hydrogens is 298 g/mol. The third kappa shape index (κ3) is 3.88. The molecule has 6 heteroatoms. The quantitative estimate of drug-likeness (QED) is 0.919. The maximum absolute atomic E-state index is 12.9. The van der Waals surface area contributed by atoms with E-state index in [1.165, 1.54) is 21.3 Å². The fourth-order valence-corrected chi connectivity index (χ4v) is 2.83. The maximum Gasteiger partial charge on any atom is 0.257 e. The Kier molecular flexibility index (Phi) is 5.36. The number of carbonyl (C=O) groups is 1. The normalized spacial score (nSPS) is 21.5. The zero-order chi connectivity index (χ0) is 17.0. The Hall–Kier alpha value is -1.95. The molecule has 1 aliphatic heterocycles. The number of aliphatic hydroxyl groups is 1. The average Bonchev–Trinajstić information content (AvgIpc) is 2.73. The van der Waals surface area contributed by atoms with Crippen molar-refractivity contribution in [1.82, 2.24) is 4.90 Å². The third-order valence-corrected chi connectivity index (χ3v) is 4.29. The second-order valence-corrected chi connectivity index (χ2v) is 6.05. The van der Waals surface area contributed by atoms with Crippen LogP contribution in [-0.4, -0.2) is 55.9 Å². The molecule has 1 heterocycles. The van der Waals surface area contributed by atoms with Crippen molar-refractivity contribution in [1.29, 1.82) is 0 Å². The van der Waals surface area contributed by atoms with Gasteiger partial charge in [0, 0.05) is 25.2 Å². The van der Waals surface area contributed by atoms with Gasteiger partial charge < -0.3 is 24.2 Å². The summed E-state index contributed by atoms with van der Waals surface area (Å²) in [6.45, 7) is 2.95. The molecule has 0 spiro atoms. The zero-order valence-electron chi connectivity index (χ0n) is 14.2. The molecule has 1 atom stereocenters. The maximum atomic E-state index is 12.9. The molecule has 2 rings (SSSR count). The Morgan fingerprint density at radius 2 is 1.65 bits per heavy atom. The second-order valence-electron chi connectivity index (χ2n) is 6.05. The van der Waals surface area contributed by atoms with E-state index in [0.717, 1.165) is 6.42 Å². The Morgan fingerprint density at radius 1 is 1.04 bits per heavy atom. The number of likely N-dealkylation sites (tertiary alicyclic amines) is 1. The molecule has 1 N–H and O–H groups in total. The molecular formula is C17H25NO5. The molecule has 1 aromatic rings. The van der Waals surface area contributed by atoms with Gasteiger partial charge in [0.1, 0.15) is 5.75 Å². The van der Waals surface area contributed by atoms with Crippen LogP contribution < -0.4 is 14.2 Å². The fourth-order valence-electron chi connectivity index (χ4n) is 2.83. The van der Waals surface area contributed by atoms with Crippen LogP contribution in [0, 0.1) is 0 Å². The van der Waals surface area contributed by atoms with Crippen LogP contribution in [0.5, 0.6) is 17.2 Å². The van der Waals surface area contributed by atoms with Crippen molar-refractivity contribution in [3.05, 3.63) is 17.7 Å². The molecule has 0 radical (unpaired) electrons. The summed E-state index contributed by atoms with van der Waals surface area (Å²) < 4.78 is 15.9. The molecule has 0 aliphatic carbocycles. The van der Waals surface area contributed by atoms with Gasteiger partial charge in [0.25, 0.3) is 5.91 Å². The van der Waals surface area contributed by atoms with Gasteiger partial charge in [-0.15, -0.1) is 0 Å². The van der Waals surface area contributed by atoms with Crippen LogP contribution in [0.25, 0.3) is 0 Å². The first-order valence-corrected chi connectivity index (χ1v) is 7.73. The number of hydrogen-bond donors (Lipinski definition) is 1. The number of hydrogen-bond acceptors (Lipinski definition) is 5. The van der Waals surface area contributed by atoms with Gasteiger partial charge in [0.15, 0.2) is 11.5 Å². The fraction of sp³-hybridized carbons (Fsp3) is 0.588. The molecule has 0 saturated carbocycles. The number of benzene rings is 1. The molecule has 0 bridgehead atoms. The molecule has 6 nitrogen and oxygen atoms in total. The summed E-state index contributed by atoms with van der Waals surface area (Å²) in [7, 11) is 4.59.